The molecule has 0 spiro atoms. The van der Waals surface area contributed by atoms with E-state index >= 15 is 0 Å². The number of piperidine rings is 1. The van der Waals surface area contributed by atoms with E-state index < -0.39 is 20.9 Å². The molecule has 10 nitrogen and oxygen atoms in total. The highest BCUT2D eigenvalue weighted by Crippen LogP contribution is 2.25. The Morgan fingerprint density at radius 1 is 1.19 bits per heavy atom. The fraction of sp³-hybridized carbons (Fsp3) is 0.417. The van der Waals surface area contributed by atoms with Gasteiger partial charge in [-0.25, -0.2) is 8.42 Å². The van der Waals surface area contributed by atoms with E-state index in [4.69, 9.17) is 4.74 Å². The van der Waals surface area contributed by atoms with Crippen LogP contribution in [0.15, 0.2) is 52.4 Å². The average molecular weight is 533 g/mol. The second kappa shape index (κ2) is 11.0. The van der Waals surface area contributed by atoms with Crippen molar-refractivity contribution in [3.63, 3.8) is 0 Å². The van der Waals surface area contributed by atoms with E-state index in [-0.39, 0.29) is 16.1 Å². The predicted octanol–water partition coefficient (Wildman–Crippen LogP) is 3.81. The summed E-state index contributed by atoms with van der Waals surface area (Å²) in [6.45, 7) is 6.32. The number of hydrogen-bond acceptors (Lipinski definition) is 7. The Bertz CT molecular complexity index is 1440. The van der Waals surface area contributed by atoms with Gasteiger partial charge >= 0.3 is 0 Å². The molecule has 1 amide bonds. The lowest BCUT2D eigenvalue weighted by atomic mass is 10.0. The van der Waals surface area contributed by atoms with Gasteiger partial charge in [-0.15, -0.1) is 0 Å². The van der Waals surface area contributed by atoms with Gasteiger partial charge < -0.3 is 9.30 Å². The van der Waals surface area contributed by atoms with Crippen LogP contribution >= 0.6 is 11.3 Å². The quantitative estimate of drug-likeness (QED) is 0.247. The first-order valence-corrected chi connectivity index (χ1v) is 14.0. The Balaban J connectivity index is 1.63. The van der Waals surface area contributed by atoms with Crippen LogP contribution in [0.2, 0.25) is 0 Å². The largest absolute Gasteiger partial charge is 0.380 e. The van der Waals surface area contributed by atoms with Crippen LogP contribution in [0.25, 0.3) is 10.2 Å². The highest BCUT2D eigenvalue weighted by atomic mass is 32.2. The Morgan fingerprint density at radius 3 is 2.53 bits per heavy atom. The van der Waals surface area contributed by atoms with Crippen LogP contribution in [-0.4, -0.2) is 54.4 Å². The van der Waals surface area contributed by atoms with Gasteiger partial charge in [0.15, 0.2) is 4.80 Å². The van der Waals surface area contributed by atoms with Gasteiger partial charge in [-0.05, 0) is 56.0 Å². The maximum absolute atomic E-state index is 13.0. The third-order valence-electron chi connectivity index (χ3n) is 6.22. The number of carbonyl (C=O) groups is 1. The van der Waals surface area contributed by atoms with E-state index in [0.717, 1.165) is 12.8 Å². The topological polar surface area (TPSA) is 124 Å². The lowest BCUT2D eigenvalue weighted by Gasteiger charge is -2.29. The molecule has 1 aliphatic rings. The molecule has 0 unspecified atom stereocenters. The van der Waals surface area contributed by atoms with Gasteiger partial charge in [0.2, 0.25) is 10.0 Å². The lowest BCUT2D eigenvalue weighted by Crippen LogP contribution is -2.37. The molecule has 1 saturated heterocycles. The molecular formula is C24H28N4O6S2. The molecule has 3 aromatic rings. The number of nitro benzene ring substituents is 1. The van der Waals surface area contributed by atoms with Crippen molar-refractivity contribution in [1.29, 1.82) is 0 Å². The first-order valence-electron chi connectivity index (χ1n) is 11.8. The number of hydrogen-bond donors (Lipinski definition) is 0. The molecule has 0 radical (unpaired) electrons. The molecule has 36 heavy (non-hydrogen) atoms. The third-order valence-corrected chi connectivity index (χ3v) is 9.17. The number of fused-ring (bicyclic) bond motifs is 1. The number of ether oxygens (including phenoxy) is 1. The number of carbonyl (C=O) groups excluding carboxylic acids is 1. The predicted molar refractivity (Wildman–Crippen MR) is 136 cm³/mol. The van der Waals surface area contributed by atoms with Gasteiger partial charge in [0.05, 0.1) is 26.6 Å². The van der Waals surface area contributed by atoms with Gasteiger partial charge in [0.25, 0.3) is 11.6 Å². The number of amides is 1. The summed E-state index contributed by atoms with van der Waals surface area (Å²) in [5.74, 6) is -0.0219. The molecule has 0 N–H and O–H groups in total. The van der Waals surface area contributed by atoms with Crippen molar-refractivity contribution in [2.75, 3.05) is 26.3 Å². The molecule has 2 heterocycles. The van der Waals surface area contributed by atoms with Gasteiger partial charge in [-0.2, -0.15) is 9.30 Å². The minimum Gasteiger partial charge on any atom is -0.380 e. The van der Waals surface area contributed by atoms with E-state index in [0.29, 0.717) is 53.8 Å². The Morgan fingerprint density at radius 2 is 1.89 bits per heavy atom. The molecule has 0 aliphatic carbocycles. The third kappa shape index (κ3) is 5.56. The molecule has 2 aromatic carbocycles. The smallest absolute Gasteiger partial charge is 0.279 e. The first kappa shape index (κ1) is 26.1. The Labute approximate surface area is 213 Å². The van der Waals surface area contributed by atoms with Gasteiger partial charge in [0, 0.05) is 43.9 Å². The van der Waals surface area contributed by atoms with Crippen LogP contribution in [0.1, 0.15) is 37.0 Å². The highest BCUT2D eigenvalue weighted by molar-refractivity contribution is 7.89. The first-order chi connectivity index (χ1) is 17.2. The van der Waals surface area contributed by atoms with E-state index in [1.165, 1.54) is 52.0 Å². The second-order valence-corrected chi connectivity index (χ2v) is 11.6. The average Bonchev–Trinajstić information content (AvgIpc) is 3.20. The van der Waals surface area contributed by atoms with Crippen LogP contribution in [0.5, 0.6) is 0 Å². The van der Waals surface area contributed by atoms with Crippen LogP contribution in [0.4, 0.5) is 5.69 Å². The number of aromatic nitrogens is 1. The summed E-state index contributed by atoms with van der Waals surface area (Å²) in [5.41, 5.74) is 0.925. The van der Waals surface area contributed by atoms with Crippen molar-refractivity contribution < 1.29 is 22.9 Å². The summed E-state index contributed by atoms with van der Waals surface area (Å²) in [6, 6.07) is 10.3. The minimum absolute atomic E-state index is 0.0430. The molecular weight excluding hydrogens is 504 g/mol. The number of benzene rings is 2. The van der Waals surface area contributed by atoms with Crippen LogP contribution in [0.3, 0.4) is 0 Å². The lowest BCUT2D eigenvalue weighted by molar-refractivity contribution is -0.384. The van der Waals surface area contributed by atoms with Gasteiger partial charge in [-0.3, -0.25) is 14.9 Å². The van der Waals surface area contributed by atoms with E-state index in [9.17, 15) is 23.3 Å². The molecule has 0 bridgehead atoms. The van der Waals surface area contributed by atoms with Crippen LogP contribution in [0, 0.1) is 16.0 Å². The Kier molecular flexibility index (Phi) is 7.98. The monoisotopic (exact) mass is 532 g/mol. The summed E-state index contributed by atoms with van der Waals surface area (Å²) in [7, 11) is -3.61. The highest BCUT2D eigenvalue weighted by Gasteiger charge is 2.28. The standard InChI is InChI=1S/C24H28N4O6S2/c1-3-34-15-14-27-21-9-6-19(28(30)31)16-22(21)35-24(27)25-23(29)18-4-7-20(8-5-18)36(32,33)26-12-10-17(2)11-13-26/h4-9,16-17H,3,10-15H2,1-2H3. The van der Waals surface area contributed by atoms with Crippen molar-refractivity contribution in [2.24, 2.45) is 10.9 Å². The van der Waals surface area contributed by atoms with Crippen molar-refractivity contribution in [2.45, 2.75) is 38.1 Å². The van der Waals surface area contributed by atoms with Gasteiger partial charge in [0.1, 0.15) is 0 Å². The zero-order valence-corrected chi connectivity index (χ0v) is 21.8. The fourth-order valence-electron chi connectivity index (χ4n) is 4.07. The van der Waals surface area contributed by atoms with E-state index in [1.54, 1.807) is 10.6 Å². The number of nitrogens with zero attached hydrogens (tertiary/aromatic N) is 4. The summed E-state index contributed by atoms with van der Waals surface area (Å²) >= 11 is 1.18. The van der Waals surface area contributed by atoms with Crippen molar-refractivity contribution >= 4 is 43.2 Å². The summed E-state index contributed by atoms with van der Waals surface area (Å²) < 4.78 is 35.3. The van der Waals surface area contributed by atoms with Crippen LogP contribution < -0.4 is 4.80 Å². The van der Waals surface area contributed by atoms with E-state index in [1.807, 2.05) is 6.92 Å². The van der Waals surface area contributed by atoms with Crippen molar-refractivity contribution in [3.05, 3.63) is 62.9 Å². The summed E-state index contributed by atoms with van der Waals surface area (Å²) in [5, 5.41) is 11.2. The van der Waals surface area contributed by atoms with E-state index in [2.05, 4.69) is 11.9 Å². The molecule has 192 valence electrons. The molecule has 0 atom stereocenters. The minimum atomic E-state index is -3.61. The number of sulfonamides is 1. The second-order valence-electron chi connectivity index (χ2n) is 8.67. The fourth-order valence-corrected chi connectivity index (χ4v) is 6.63. The van der Waals surface area contributed by atoms with Crippen molar-refractivity contribution in [1.82, 2.24) is 8.87 Å². The summed E-state index contributed by atoms with van der Waals surface area (Å²) in [6.07, 6.45) is 1.66. The Hall–Kier alpha value is -2.93. The zero-order chi connectivity index (χ0) is 25.9. The molecule has 4 rings (SSSR count). The number of rotatable bonds is 8. The van der Waals surface area contributed by atoms with Gasteiger partial charge in [-0.1, -0.05) is 18.3 Å². The maximum atomic E-state index is 13.0. The number of nitro groups is 1. The molecule has 0 saturated carbocycles. The molecule has 12 heteroatoms. The van der Waals surface area contributed by atoms with Crippen LogP contribution in [-0.2, 0) is 21.3 Å². The SMILES string of the molecule is CCOCCn1c(=NC(=O)c2ccc(S(=O)(=O)N3CCC(C)CC3)cc2)sc2cc([N+](=O)[O-])ccc21. The van der Waals surface area contributed by atoms with Crippen molar-refractivity contribution in [3.8, 4) is 0 Å². The maximum Gasteiger partial charge on any atom is 0.279 e. The number of thiazole rings is 1. The zero-order valence-electron chi connectivity index (χ0n) is 20.1. The summed E-state index contributed by atoms with van der Waals surface area (Å²) in [4.78, 5) is 28.5. The normalized spacial score (nSPS) is 16.0. The molecule has 1 aromatic heterocycles. The number of non-ortho nitro benzene ring substituents is 1. The molecule has 1 aliphatic heterocycles. The molecule has 1 fully saturated rings.